The van der Waals surface area contributed by atoms with E-state index in [1.807, 2.05) is 6.07 Å². The van der Waals surface area contributed by atoms with Crippen molar-refractivity contribution in [3.05, 3.63) is 83.1 Å². The largest absolute Gasteiger partial charge is 0.507 e. The summed E-state index contributed by atoms with van der Waals surface area (Å²) in [6.45, 7) is 1.70. The van der Waals surface area contributed by atoms with E-state index in [9.17, 15) is 14.7 Å². The lowest BCUT2D eigenvalue weighted by molar-refractivity contribution is -0.132. The Morgan fingerprint density at radius 2 is 1.86 bits per heavy atom. The van der Waals surface area contributed by atoms with Gasteiger partial charge in [0.1, 0.15) is 17.3 Å². The lowest BCUT2D eigenvalue weighted by atomic mass is 9.95. The highest BCUT2D eigenvalue weighted by Gasteiger charge is 2.48. The zero-order valence-electron chi connectivity index (χ0n) is 15.8. The molecule has 0 aliphatic carbocycles. The average molecular weight is 390 g/mol. The van der Waals surface area contributed by atoms with E-state index in [0.29, 0.717) is 22.6 Å². The average Bonchev–Trinajstić information content (AvgIpc) is 3.29. The van der Waals surface area contributed by atoms with Crippen molar-refractivity contribution in [3.63, 3.8) is 0 Å². The summed E-state index contributed by atoms with van der Waals surface area (Å²) in [5, 5.41) is 14.9. The molecule has 29 heavy (non-hydrogen) atoms. The molecule has 3 aromatic rings. The molecule has 2 heterocycles. The molecular weight excluding hydrogens is 372 g/mol. The number of aliphatic hydroxyl groups is 1. The van der Waals surface area contributed by atoms with Crippen LogP contribution in [0.15, 0.2) is 70.8 Å². The first-order chi connectivity index (χ1) is 14.0. The Kier molecular flexibility index (Phi) is 4.64. The van der Waals surface area contributed by atoms with Crippen LogP contribution < -0.4 is 9.64 Å². The second kappa shape index (κ2) is 7.27. The third-order valence-electron chi connectivity index (χ3n) is 4.77. The molecule has 0 saturated carbocycles. The van der Waals surface area contributed by atoms with Crippen LogP contribution in [0, 0.1) is 6.92 Å². The maximum Gasteiger partial charge on any atom is 0.301 e. The van der Waals surface area contributed by atoms with Gasteiger partial charge in [-0.1, -0.05) is 47.6 Å². The van der Waals surface area contributed by atoms with Crippen LogP contribution in [0.4, 0.5) is 5.82 Å². The van der Waals surface area contributed by atoms with E-state index in [4.69, 9.17) is 9.26 Å². The Balaban J connectivity index is 1.93. The van der Waals surface area contributed by atoms with Gasteiger partial charge in [-0.25, -0.2) is 0 Å². The minimum atomic E-state index is -0.841. The van der Waals surface area contributed by atoms with Crippen molar-refractivity contribution < 1.29 is 24.0 Å². The molecule has 1 fully saturated rings. The van der Waals surface area contributed by atoms with Gasteiger partial charge in [-0.2, -0.15) is 0 Å². The van der Waals surface area contributed by atoms with Crippen molar-refractivity contribution >= 4 is 23.3 Å². The van der Waals surface area contributed by atoms with E-state index in [0.717, 1.165) is 0 Å². The summed E-state index contributed by atoms with van der Waals surface area (Å²) in [6, 6.07) is 16.4. The van der Waals surface area contributed by atoms with E-state index >= 15 is 0 Å². The fraction of sp³-hybridized carbons (Fsp3) is 0.136. The lowest BCUT2D eigenvalue weighted by Crippen LogP contribution is -2.29. The number of Topliss-reactive ketones (excluding diaryl/α,β-unsaturated/α-hetero) is 1. The fourth-order valence-electron chi connectivity index (χ4n) is 3.41. The molecule has 0 radical (unpaired) electrons. The summed E-state index contributed by atoms with van der Waals surface area (Å²) in [5.74, 6) is -0.619. The summed E-state index contributed by atoms with van der Waals surface area (Å²) < 4.78 is 10.3. The Hall–Kier alpha value is -3.87. The van der Waals surface area contributed by atoms with E-state index in [1.54, 1.807) is 61.5 Å². The number of ether oxygens (including phenoxy) is 1. The first-order valence-electron chi connectivity index (χ1n) is 8.95. The fourth-order valence-corrected chi connectivity index (χ4v) is 3.41. The highest BCUT2D eigenvalue weighted by atomic mass is 16.5. The molecule has 0 bridgehead atoms. The standard InChI is InChI=1S/C22H18N2O5/c1-13-11-17(23-29-13)24-19(14-7-4-3-5-8-14)18(21(26)22(24)27)20(25)15-9-6-10-16(12-15)28-2/h3-12,19,25H,1-2H3/b20-18+/t19-/m1/s1. The number of hydrogen-bond acceptors (Lipinski definition) is 6. The molecule has 2 aromatic carbocycles. The minimum Gasteiger partial charge on any atom is -0.507 e. The zero-order chi connectivity index (χ0) is 20.5. The smallest absolute Gasteiger partial charge is 0.301 e. The summed E-state index contributed by atoms with van der Waals surface area (Å²) >= 11 is 0. The molecule has 7 nitrogen and oxygen atoms in total. The summed E-state index contributed by atoms with van der Waals surface area (Å²) in [5.41, 5.74) is 1.02. The van der Waals surface area contributed by atoms with Gasteiger partial charge in [0.2, 0.25) is 0 Å². The number of ketones is 1. The lowest BCUT2D eigenvalue weighted by Gasteiger charge is -2.22. The van der Waals surface area contributed by atoms with Crippen LogP contribution in [-0.2, 0) is 9.59 Å². The number of nitrogens with zero attached hydrogens (tertiary/aromatic N) is 2. The quantitative estimate of drug-likeness (QED) is 0.416. The van der Waals surface area contributed by atoms with Gasteiger partial charge in [0.25, 0.3) is 5.78 Å². The number of methoxy groups -OCH3 is 1. The molecule has 1 saturated heterocycles. The molecule has 1 N–H and O–H groups in total. The predicted octanol–water partition coefficient (Wildman–Crippen LogP) is 3.62. The van der Waals surface area contributed by atoms with Gasteiger partial charge in [0.05, 0.1) is 18.7 Å². The Bertz CT molecular complexity index is 1120. The van der Waals surface area contributed by atoms with Crippen LogP contribution in [0.25, 0.3) is 5.76 Å². The maximum absolute atomic E-state index is 13.0. The van der Waals surface area contributed by atoms with E-state index in [-0.39, 0.29) is 17.2 Å². The Morgan fingerprint density at radius 1 is 1.10 bits per heavy atom. The number of aliphatic hydroxyl groups excluding tert-OH is 1. The van der Waals surface area contributed by atoms with Crippen LogP contribution in [0.2, 0.25) is 0 Å². The Labute approximate surface area is 166 Å². The number of benzene rings is 2. The Morgan fingerprint density at radius 3 is 2.52 bits per heavy atom. The number of carbonyl (C=O) groups is 2. The molecule has 1 amide bonds. The van der Waals surface area contributed by atoms with Crippen molar-refractivity contribution in [2.24, 2.45) is 0 Å². The molecule has 0 unspecified atom stereocenters. The number of amides is 1. The molecule has 4 rings (SSSR count). The second-order valence-corrected chi connectivity index (χ2v) is 6.61. The first kappa shape index (κ1) is 18.5. The van der Waals surface area contributed by atoms with Crippen LogP contribution in [-0.4, -0.2) is 29.1 Å². The van der Waals surface area contributed by atoms with Crippen molar-refractivity contribution in [1.82, 2.24) is 5.16 Å². The SMILES string of the molecule is COc1cccc(/C(O)=C2\C(=O)C(=O)N(c3cc(C)on3)[C@@H]2c2ccccc2)c1. The molecule has 7 heteroatoms. The molecule has 146 valence electrons. The zero-order valence-corrected chi connectivity index (χ0v) is 15.8. The summed E-state index contributed by atoms with van der Waals surface area (Å²) in [6.07, 6.45) is 0. The van der Waals surface area contributed by atoms with E-state index < -0.39 is 17.7 Å². The topological polar surface area (TPSA) is 92.9 Å². The molecule has 1 aromatic heterocycles. The summed E-state index contributed by atoms with van der Waals surface area (Å²) in [4.78, 5) is 27.1. The van der Waals surface area contributed by atoms with Crippen LogP contribution in [0.5, 0.6) is 5.75 Å². The van der Waals surface area contributed by atoms with E-state index in [2.05, 4.69) is 5.16 Å². The molecular formula is C22H18N2O5. The van der Waals surface area contributed by atoms with Gasteiger partial charge < -0.3 is 14.4 Å². The third-order valence-corrected chi connectivity index (χ3v) is 4.77. The monoisotopic (exact) mass is 390 g/mol. The number of aromatic nitrogens is 1. The molecule has 1 atom stereocenters. The van der Waals surface area contributed by atoms with Gasteiger partial charge >= 0.3 is 5.91 Å². The minimum absolute atomic E-state index is 0.0184. The summed E-state index contributed by atoms with van der Waals surface area (Å²) in [7, 11) is 1.51. The highest BCUT2D eigenvalue weighted by molar-refractivity contribution is 6.51. The van der Waals surface area contributed by atoms with Crippen molar-refractivity contribution in [2.75, 3.05) is 12.0 Å². The number of rotatable bonds is 4. The number of anilines is 1. The van der Waals surface area contributed by atoms with Gasteiger partial charge in [-0.15, -0.1) is 0 Å². The highest BCUT2D eigenvalue weighted by Crippen LogP contribution is 2.42. The third kappa shape index (κ3) is 3.16. The van der Waals surface area contributed by atoms with Crippen LogP contribution in [0.3, 0.4) is 0 Å². The van der Waals surface area contributed by atoms with Gasteiger partial charge in [-0.05, 0) is 24.6 Å². The van der Waals surface area contributed by atoms with Crippen molar-refractivity contribution in [1.29, 1.82) is 0 Å². The van der Waals surface area contributed by atoms with Gasteiger partial charge in [-0.3, -0.25) is 14.5 Å². The number of aryl methyl sites for hydroxylation is 1. The maximum atomic E-state index is 13.0. The van der Waals surface area contributed by atoms with Crippen molar-refractivity contribution in [3.8, 4) is 5.75 Å². The molecule has 1 aliphatic heterocycles. The molecule has 1 aliphatic rings. The van der Waals surface area contributed by atoms with Crippen LogP contribution >= 0.6 is 0 Å². The predicted molar refractivity (Wildman–Crippen MR) is 105 cm³/mol. The second-order valence-electron chi connectivity index (χ2n) is 6.61. The normalized spacial score (nSPS) is 18.3. The van der Waals surface area contributed by atoms with Gasteiger partial charge in [0.15, 0.2) is 5.82 Å². The van der Waals surface area contributed by atoms with Gasteiger partial charge in [0, 0.05) is 11.6 Å². The van der Waals surface area contributed by atoms with Crippen molar-refractivity contribution in [2.45, 2.75) is 13.0 Å². The molecule has 0 spiro atoms. The number of hydrogen-bond donors (Lipinski definition) is 1. The number of carbonyl (C=O) groups excluding carboxylic acids is 2. The van der Waals surface area contributed by atoms with E-state index in [1.165, 1.54) is 12.0 Å². The first-order valence-corrected chi connectivity index (χ1v) is 8.95. The van der Waals surface area contributed by atoms with Crippen LogP contribution in [0.1, 0.15) is 22.9 Å².